The quantitative estimate of drug-likeness (QED) is 0.489. The Morgan fingerprint density at radius 3 is 2.56 bits per heavy atom. The lowest BCUT2D eigenvalue weighted by atomic mass is 9.99. The van der Waals surface area contributed by atoms with E-state index in [1.807, 2.05) is 26.0 Å². The van der Waals surface area contributed by atoms with Crippen LogP contribution in [0.5, 0.6) is 0 Å². The Morgan fingerprint density at radius 1 is 1.07 bits per heavy atom. The number of benzene rings is 2. The number of hydrogen-bond acceptors (Lipinski definition) is 5. The Labute approximate surface area is 160 Å². The number of Topliss-reactive ketones (excluding diaryl/α,β-unsaturated/α-hetero) is 1. The molecule has 1 atom stereocenters. The molecule has 0 fully saturated rings. The van der Waals surface area contributed by atoms with Gasteiger partial charge in [0.25, 0.3) is 0 Å². The molecule has 0 spiro atoms. The summed E-state index contributed by atoms with van der Waals surface area (Å²) in [6.45, 7) is 5.18. The zero-order chi connectivity index (χ0) is 19.7. The van der Waals surface area contributed by atoms with Gasteiger partial charge in [-0.2, -0.15) is 0 Å². The Hall–Kier alpha value is -2.92. The predicted octanol–water partition coefficient (Wildman–Crippen LogP) is 4.49. The van der Waals surface area contributed by atoms with E-state index in [9.17, 15) is 14.4 Å². The zero-order valence-electron chi connectivity index (χ0n) is 15.0. The lowest BCUT2D eigenvalue weighted by molar-refractivity contribution is 0.0289. The molecule has 27 heavy (non-hydrogen) atoms. The van der Waals surface area contributed by atoms with Gasteiger partial charge in [0.2, 0.25) is 11.5 Å². The second kappa shape index (κ2) is 7.37. The van der Waals surface area contributed by atoms with Crippen molar-refractivity contribution < 1.29 is 18.7 Å². The fourth-order valence-electron chi connectivity index (χ4n) is 2.72. The number of rotatable bonds is 4. The zero-order valence-corrected chi connectivity index (χ0v) is 15.8. The summed E-state index contributed by atoms with van der Waals surface area (Å²) in [5.41, 5.74) is 2.01. The van der Waals surface area contributed by atoms with E-state index in [1.165, 1.54) is 19.1 Å². The molecule has 0 radical (unpaired) electrons. The van der Waals surface area contributed by atoms with E-state index in [0.29, 0.717) is 10.6 Å². The van der Waals surface area contributed by atoms with Crippen molar-refractivity contribution in [3.63, 3.8) is 0 Å². The first-order chi connectivity index (χ1) is 12.8. The summed E-state index contributed by atoms with van der Waals surface area (Å²) < 4.78 is 10.7. The first-order valence-corrected chi connectivity index (χ1v) is 8.70. The molecule has 0 amide bonds. The molecule has 1 heterocycles. The van der Waals surface area contributed by atoms with Crippen LogP contribution in [0.15, 0.2) is 51.7 Å². The number of ketones is 1. The van der Waals surface area contributed by atoms with Crippen LogP contribution in [-0.2, 0) is 4.74 Å². The van der Waals surface area contributed by atoms with Gasteiger partial charge in [-0.05, 0) is 50.6 Å². The summed E-state index contributed by atoms with van der Waals surface area (Å²) >= 11 is 5.87. The summed E-state index contributed by atoms with van der Waals surface area (Å²) in [6, 6.07) is 11.0. The number of aryl methyl sites for hydroxylation is 2. The molecule has 0 N–H and O–H groups in total. The van der Waals surface area contributed by atoms with Gasteiger partial charge in [-0.25, -0.2) is 4.79 Å². The number of ether oxygens (including phenoxy) is 1. The van der Waals surface area contributed by atoms with Crippen molar-refractivity contribution in [2.45, 2.75) is 26.9 Å². The van der Waals surface area contributed by atoms with Crippen LogP contribution in [0.25, 0.3) is 11.0 Å². The summed E-state index contributed by atoms with van der Waals surface area (Å²) in [5.74, 6) is -1.47. The van der Waals surface area contributed by atoms with Crippen molar-refractivity contribution in [2.24, 2.45) is 0 Å². The molecule has 1 aromatic heterocycles. The van der Waals surface area contributed by atoms with Crippen LogP contribution >= 0.6 is 11.6 Å². The number of fused-ring (bicyclic) bond motifs is 1. The molecular formula is C21H17ClO5. The normalized spacial score (nSPS) is 12.0. The summed E-state index contributed by atoms with van der Waals surface area (Å²) in [7, 11) is 0. The van der Waals surface area contributed by atoms with Gasteiger partial charge in [0, 0.05) is 16.7 Å². The highest BCUT2D eigenvalue weighted by Crippen LogP contribution is 2.19. The maximum absolute atomic E-state index is 12.6. The highest BCUT2D eigenvalue weighted by atomic mass is 35.5. The highest BCUT2D eigenvalue weighted by molar-refractivity contribution is 6.31. The van der Waals surface area contributed by atoms with Crippen molar-refractivity contribution >= 4 is 34.3 Å². The van der Waals surface area contributed by atoms with Crippen LogP contribution in [0, 0.1) is 13.8 Å². The average molecular weight is 385 g/mol. The largest absolute Gasteiger partial charge is 0.449 e. The molecule has 2 aromatic carbocycles. The van der Waals surface area contributed by atoms with Gasteiger partial charge in [0.1, 0.15) is 5.58 Å². The Kier molecular flexibility index (Phi) is 5.15. The van der Waals surface area contributed by atoms with Crippen LogP contribution in [0.3, 0.4) is 0 Å². The van der Waals surface area contributed by atoms with E-state index in [0.717, 1.165) is 17.2 Å². The SMILES string of the molecule is Cc1ccc(C)c(C(=O)[C@H](C)OC(=O)c2cc(=O)c3cc(Cl)ccc3o2)c1. The van der Waals surface area contributed by atoms with Gasteiger partial charge in [-0.3, -0.25) is 9.59 Å². The molecule has 0 saturated heterocycles. The minimum Gasteiger partial charge on any atom is -0.449 e. The van der Waals surface area contributed by atoms with E-state index >= 15 is 0 Å². The molecule has 0 aliphatic heterocycles. The van der Waals surface area contributed by atoms with E-state index < -0.39 is 17.5 Å². The maximum atomic E-state index is 12.6. The number of carbonyl (C=O) groups is 2. The number of esters is 1. The molecule has 0 aliphatic rings. The van der Waals surface area contributed by atoms with Crippen LogP contribution in [0.2, 0.25) is 5.02 Å². The van der Waals surface area contributed by atoms with E-state index in [4.69, 9.17) is 20.8 Å². The molecule has 3 rings (SSSR count). The standard InChI is InChI=1S/C21H17ClO5/c1-11-4-5-12(2)15(8-11)20(24)13(3)26-21(25)19-10-17(23)16-9-14(22)6-7-18(16)27-19/h4-10,13H,1-3H3/t13-/m0/s1. The van der Waals surface area contributed by atoms with E-state index in [2.05, 4.69) is 0 Å². The smallest absolute Gasteiger partial charge is 0.375 e. The second-order valence-corrected chi connectivity index (χ2v) is 6.78. The third kappa shape index (κ3) is 3.93. The molecule has 5 nitrogen and oxygen atoms in total. The number of hydrogen-bond donors (Lipinski definition) is 0. The topological polar surface area (TPSA) is 73.6 Å². The first kappa shape index (κ1) is 18.9. The van der Waals surface area contributed by atoms with Crippen LogP contribution in [0.1, 0.15) is 39.0 Å². The van der Waals surface area contributed by atoms with Crippen molar-refractivity contribution in [1.29, 1.82) is 0 Å². The summed E-state index contributed by atoms with van der Waals surface area (Å²) in [5, 5.41) is 0.649. The number of carbonyl (C=O) groups excluding carboxylic acids is 2. The molecule has 0 saturated carbocycles. The Morgan fingerprint density at radius 2 is 1.81 bits per heavy atom. The van der Waals surface area contributed by atoms with Crippen LogP contribution in [-0.4, -0.2) is 17.9 Å². The van der Waals surface area contributed by atoms with Crippen molar-refractivity contribution in [1.82, 2.24) is 0 Å². The van der Waals surface area contributed by atoms with Gasteiger partial charge < -0.3 is 9.15 Å². The third-order valence-corrected chi connectivity index (χ3v) is 4.44. The van der Waals surface area contributed by atoms with Gasteiger partial charge in [0.05, 0.1) is 5.39 Å². The fraction of sp³-hybridized carbons (Fsp3) is 0.190. The van der Waals surface area contributed by atoms with E-state index in [-0.39, 0.29) is 22.5 Å². The van der Waals surface area contributed by atoms with Crippen molar-refractivity contribution in [3.8, 4) is 0 Å². The molecule has 138 valence electrons. The third-order valence-electron chi connectivity index (χ3n) is 4.20. The molecule has 0 aliphatic carbocycles. The molecule has 0 bridgehead atoms. The molecule has 0 unspecified atom stereocenters. The van der Waals surface area contributed by atoms with Crippen molar-refractivity contribution in [3.05, 3.63) is 80.2 Å². The molecular weight excluding hydrogens is 368 g/mol. The molecule has 3 aromatic rings. The minimum absolute atomic E-state index is 0.215. The maximum Gasteiger partial charge on any atom is 0.375 e. The Balaban J connectivity index is 1.85. The number of halogens is 1. The monoisotopic (exact) mass is 384 g/mol. The predicted molar refractivity (Wildman–Crippen MR) is 103 cm³/mol. The van der Waals surface area contributed by atoms with Gasteiger partial charge >= 0.3 is 5.97 Å². The summed E-state index contributed by atoms with van der Waals surface area (Å²) in [4.78, 5) is 37.2. The van der Waals surface area contributed by atoms with Gasteiger partial charge in [0.15, 0.2) is 11.5 Å². The Bertz CT molecular complexity index is 1110. The van der Waals surface area contributed by atoms with Gasteiger partial charge in [-0.15, -0.1) is 0 Å². The first-order valence-electron chi connectivity index (χ1n) is 8.32. The molecule has 6 heteroatoms. The van der Waals surface area contributed by atoms with Gasteiger partial charge in [-0.1, -0.05) is 29.3 Å². The second-order valence-electron chi connectivity index (χ2n) is 6.35. The van der Waals surface area contributed by atoms with E-state index in [1.54, 1.807) is 12.1 Å². The highest BCUT2D eigenvalue weighted by Gasteiger charge is 2.23. The summed E-state index contributed by atoms with van der Waals surface area (Å²) in [6.07, 6.45) is -1.02. The lowest BCUT2D eigenvalue weighted by Crippen LogP contribution is -2.25. The van der Waals surface area contributed by atoms with Crippen molar-refractivity contribution in [2.75, 3.05) is 0 Å². The minimum atomic E-state index is -1.02. The average Bonchev–Trinajstić information content (AvgIpc) is 2.63. The van der Waals surface area contributed by atoms with Crippen LogP contribution < -0.4 is 5.43 Å². The lowest BCUT2D eigenvalue weighted by Gasteiger charge is -2.14. The fourth-order valence-corrected chi connectivity index (χ4v) is 2.89. The van der Waals surface area contributed by atoms with Crippen LogP contribution in [0.4, 0.5) is 0 Å².